The minimum Gasteiger partial charge on any atom is -0.487 e. The molecule has 0 aliphatic rings. The van der Waals surface area contributed by atoms with Gasteiger partial charge in [-0.25, -0.2) is 0 Å². The summed E-state index contributed by atoms with van der Waals surface area (Å²) in [4.78, 5) is 10.4. The molecular weight excluding hydrogens is 315 g/mol. The maximum atomic E-state index is 10.8. The molecule has 0 spiro atoms. The third-order valence-electron chi connectivity index (χ3n) is 2.87. The van der Waals surface area contributed by atoms with Crippen molar-refractivity contribution in [3.63, 3.8) is 0 Å². The third-order valence-corrected chi connectivity index (χ3v) is 3.67. The van der Waals surface area contributed by atoms with E-state index < -0.39 is 4.92 Å². The molecule has 2 rings (SSSR count). The maximum Gasteiger partial charge on any atom is 0.269 e. The second-order valence-corrected chi connectivity index (χ2v) is 4.97. The van der Waals surface area contributed by atoms with E-state index in [-0.39, 0.29) is 12.3 Å². The van der Waals surface area contributed by atoms with Crippen LogP contribution in [-0.2, 0) is 6.61 Å². The smallest absolute Gasteiger partial charge is 0.269 e. The highest BCUT2D eigenvalue weighted by molar-refractivity contribution is 6.42. The van der Waals surface area contributed by atoms with Crippen LogP contribution in [0.3, 0.4) is 0 Å². The summed E-state index contributed by atoms with van der Waals surface area (Å²) >= 11 is 11.9. The molecule has 0 heterocycles. The summed E-state index contributed by atoms with van der Waals surface area (Å²) < 4.78 is 5.60. The Morgan fingerprint density at radius 2 is 2.05 bits per heavy atom. The monoisotopic (exact) mass is 326 g/mol. The Labute approximate surface area is 131 Å². The zero-order valence-electron chi connectivity index (χ0n) is 11.1. The zero-order chi connectivity index (χ0) is 15.4. The van der Waals surface area contributed by atoms with Gasteiger partial charge in [0.05, 0.1) is 9.95 Å². The van der Waals surface area contributed by atoms with Crippen molar-refractivity contribution < 1.29 is 9.66 Å². The summed E-state index contributed by atoms with van der Waals surface area (Å²) in [6, 6.07) is 9.59. The number of rotatable bonds is 5. The van der Waals surface area contributed by atoms with Crippen molar-refractivity contribution in [3.05, 3.63) is 62.1 Å². The van der Waals surface area contributed by atoms with E-state index in [1.54, 1.807) is 31.3 Å². The van der Waals surface area contributed by atoms with Crippen molar-refractivity contribution in [2.45, 2.75) is 6.61 Å². The van der Waals surface area contributed by atoms with Crippen molar-refractivity contribution in [1.82, 2.24) is 0 Å². The average Bonchev–Trinajstić information content (AvgIpc) is 2.48. The van der Waals surface area contributed by atoms with E-state index in [2.05, 4.69) is 5.32 Å². The fourth-order valence-electron chi connectivity index (χ4n) is 1.81. The second kappa shape index (κ2) is 6.65. The molecule has 0 unspecified atom stereocenters. The Bertz CT molecular complexity index is 677. The first-order chi connectivity index (χ1) is 10.0. The molecule has 0 saturated carbocycles. The van der Waals surface area contributed by atoms with Crippen molar-refractivity contribution in [3.8, 4) is 5.75 Å². The lowest BCUT2D eigenvalue weighted by molar-refractivity contribution is -0.384. The molecule has 2 aromatic rings. The third kappa shape index (κ3) is 3.56. The standard InChI is InChI=1S/C14H12Cl2N2O3/c1-17-12-6-5-10(18(19)20)7-9(12)8-21-13-4-2-3-11(15)14(13)16/h2-7,17H,8H2,1H3. The van der Waals surface area contributed by atoms with Gasteiger partial charge in [0, 0.05) is 30.4 Å². The molecule has 21 heavy (non-hydrogen) atoms. The first-order valence-corrected chi connectivity index (χ1v) is 6.80. The molecule has 0 atom stereocenters. The molecular formula is C14H12Cl2N2O3. The van der Waals surface area contributed by atoms with Crippen LogP contribution in [-0.4, -0.2) is 12.0 Å². The largest absolute Gasteiger partial charge is 0.487 e. The van der Waals surface area contributed by atoms with Crippen molar-refractivity contribution in [2.75, 3.05) is 12.4 Å². The van der Waals surface area contributed by atoms with Gasteiger partial charge in [0.25, 0.3) is 5.69 Å². The van der Waals surface area contributed by atoms with E-state index in [0.717, 1.165) is 5.69 Å². The number of anilines is 1. The first-order valence-electron chi connectivity index (χ1n) is 6.05. The van der Waals surface area contributed by atoms with Gasteiger partial charge in [0.1, 0.15) is 17.4 Å². The average molecular weight is 327 g/mol. The van der Waals surface area contributed by atoms with Crippen LogP contribution >= 0.6 is 23.2 Å². The van der Waals surface area contributed by atoms with E-state index in [1.807, 2.05) is 0 Å². The highest BCUT2D eigenvalue weighted by Crippen LogP contribution is 2.32. The predicted molar refractivity (Wildman–Crippen MR) is 83.4 cm³/mol. The zero-order valence-corrected chi connectivity index (χ0v) is 12.6. The number of ether oxygens (including phenoxy) is 1. The number of nitrogens with zero attached hydrogens (tertiary/aromatic N) is 1. The number of halogens is 2. The van der Waals surface area contributed by atoms with Gasteiger partial charge in [-0.1, -0.05) is 29.3 Å². The van der Waals surface area contributed by atoms with Crippen LogP contribution in [0.25, 0.3) is 0 Å². The highest BCUT2D eigenvalue weighted by Gasteiger charge is 2.12. The predicted octanol–water partition coefficient (Wildman–Crippen LogP) is 4.52. The molecule has 0 aliphatic carbocycles. The number of nitrogens with one attached hydrogen (secondary N) is 1. The normalized spacial score (nSPS) is 10.2. The lowest BCUT2D eigenvalue weighted by atomic mass is 10.1. The molecule has 2 aromatic carbocycles. The summed E-state index contributed by atoms with van der Waals surface area (Å²) in [7, 11) is 1.73. The molecule has 110 valence electrons. The van der Waals surface area contributed by atoms with Gasteiger partial charge >= 0.3 is 0 Å². The minimum absolute atomic E-state index is 0.00444. The molecule has 0 aromatic heterocycles. The fraction of sp³-hybridized carbons (Fsp3) is 0.143. The van der Waals surface area contributed by atoms with Crippen LogP contribution in [0.15, 0.2) is 36.4 Å². The SMILES string of the molecule is CNc1ccc([N+](=O)[O-])cc1COc1cccc(Cl)c1Cl. The quantitative estimate of drug-likeness (QED) is 0.648. The van der Waals surface area contributed by atoms with Gasteiger partial charge < -0.3 is 10.1 Å². The van der Waals surface area contributed by atoms with E-state index in [4.69, 9.17) is 27.9 Å². The summed E-state index contributed by atoms with van der Waals surface area (Å²) in [5, 5.41) is 14.5. The van der Waals surface area contributed by atoms with Crippen molar-refractivity contribution >= 4 is 34.6 Å². The number of nitro groups is 1. The molecule has 0 saturated heterocycles. The Morgan fingerprint density at radius 1 is 1.29 bits per heavy atom. The van der Waals surface area contributed by atoms with Crippen LogP contribution in [0.2, 0.25) is 10.0 Å². The van der Waals surface area contributed by atoms with E-state index in [1.165, 1.54) is 12.1 Å². The minimum atomic E-state index is -0.449. The first kappa shape index (κ1) is 15.4. The lowest BCUT2D eigenvalue weighted by Gasteiger charge is -2.12. The van der Waals surface area contributed by atoms with Gasteiger partial charge in [0.2, 0.25) is 0 Å². The number of benzene rings is 2. The lowest BCUT2D eigenvalue weighted by Crippen LogP contribution is -2.02. The van der Waals surface area contributed by atoms with E-state index >= 15 is 0 Å². The number of nitro benzene ring substituents is 1. The molecule has 5 nitrogen and oxygen atoms in total. The molecule has 7 heteroatoms. The molecule has 0 amide bonds. The van der Waals surface area contributed by atoms with Gasteiger partial charge in [-0.3, -0.25) is 10.1 Å². The summed E-state index contributed by atoms with van der Waals surface area (Å²) in [5.74, 6) is 0.428. The molecule has 0 radical (unpaired) electrons. The second-order valence-electron chi connectivity index (χ2n) is 4.19. The van der Waals surface area contributed by atoms with Crippen LogP contribution in [0, 0.1) is 10.1 Å². The van der Waals surface area contributed by atoms with Gasteiger partial charge in [0.15, 0.2) is 0 Å². The van der Waals surface area contributed by atoms with Gasteiger partial charge in [-0.05, 0) is 18.2 Å². The highest BCUT2D eigenvalue weighted by atomic mass is 35.5. The number of hydrogen-bond acceptors (Lipinski definition) is 4. The Hall–Kier alpha value is -1.98. The number of hydrogen-bond donors (Lipinski definition) is 1. The molecule has 1 N–H and O–H groups in total. The van der Waals surface area contributed by atoms with Gasteiger partial charge in [-0.15, -0.1) is 0 Å². The van der Waals surface area contributed by atoms with E-state index in [9.17, 15) is 10.1 Å². The summed E-state index contributed by atoms with van der Waals surface area (Å²) in [5.41, 5.74) is 1.41. The topological polar surface area (TPSA) is 64.4 Å². The summed E-state index contributed by atoms with van der Waals surface area (Å²) in [6.07, 6.45) is 0. The van der Waals surface area contributed by atoms with Crippen LogP contribution in [0.4, 0.5) is 11.4 Å². The molecule has 0 fully saturated rings. The number of non-ortho nitro benzene ring substituents is 1. The Morgan fingerprint density at radius 3 is 2.71 bits per heavy atom. The fourth-order valence-corrected chi connectivity index (χ4v) is 2.15. The van der Waals surface area contributed by atoms with Crippen molar-refractivity contribution in [2.24, 2.45) is 0 Å². The van der Waals surface area contributed by atoms with Crippen LogP contribution in [0.1, 0.15) is 5.56 Å². The van der Waals surface area contributed by atoms with E-state index in [0.29, 0.717) is 21.4 Å². The van der Waals surface area contributed by atoms with Crippen LogP contribution < -0.4 is 10.1 Å². The van der Waals surface area contributed by atoms with Gasteiger partial charge in [-0.2, -0.15) is 0 Å². The molecule has 0 aliphatic heterocycles. The van der Waals surface area contributed by atoms with Crippen LogP contribution in [0.5, 0.6) is 5.75 Å². The Kier molecular flexibility index (Phi) is 4.88. The Balaban J connectivity index is 2.24. The van der Waals surface area contributed by atoms with Crippen molar-refractivity contribution in [1.29, 1.82) is 0 Å². The maximum absolute atomic E-state index is 10.8. The molecule has 0 bridgehead atoms. The summed E-state index contributed by atoms with van der Waals surface area (Å²) in [6.45, 7) is 0.137.